The molecule has 2 aromatic carbocycles. The standard InChI is InChI=1S/C27H36N4O2.HI/c1-2-28-27(31-17-15-23(19-31)18-22-6-4-3-5-7-22)29-16-14-21-8-12-25(13-9-21)33-20-26(32)30-24-10-11-24;/h3-9,12-13,23-24H,2,10-11,14-20H2,1H3,(H,28,29)(H,30,32);1H. The van der Waals surface area contributed by atoms with Gasteiger partial charge >= 0.3 is 0 Å². The number of amides is 1. The van der Waals surface area contributed by atoms with Gasteiger partial charge in [0.05, 0.1) is 0 Å². The largest absolute Gasteiger partial charge is 0.484 e. The highest BCUT2D eigenvalue weighted by molar-refractivity contribution is 14.0. The van der Waals surface area contributed by atoms with Crippen LogP contribution >= 0.6 is 24.0 Å². The molecule has 0 spiro atoms. The van der Waals surface area contributed by atoms with Crippen LogP contribution in [0.3, 0.4) is 0 Å². The molecule has 7 heteroatoms. The van der Waals surface area contributed by atoms with Crippen molar-refractivity contribution in [3.8, 4) is 5.75 Å². The molecule has 4 rings (SSSR count). The number of nitrogens with one attached hydrogen (secondary N) is 2. The molecule has 2 aromatic rings. The maximum absolute atomic E-state index is 11.8. The molecule has 1 unspecified atom stereocenters. The lowest BCUT2D eigenvalue weighted by molar-refractivity contribution is -0.123. The average Bonchev–Trinajstić information content (AvgIpc) is 3.53. The van der Waals surface area contributed by atoms with Crippen molar-refractivity contribution in [2.45, 2.75) is 45.1 Å². The predicted octanol–water partition coefficient (Wildman–Crippen LogP) is 4.03. The summed E-state index contributed by atoms with van der Waals surface area (Å²) in [7, 11) is 0. The van der Waals surface area contributed by atoms with E-state index in [-0.39, 0.29) is 36.5 Å². The van der Waals surface area contributed by atoms with Crippen molar-refractivity contribution in [3.05, 3.63) is 65.7 Å². The van der Waals surface area contributed by atoms with Crippen molar-refractivity contribution >= 4 is 35.8 Å². The van der Waals surface area contributed by atoms with Gasteiger partial charge < -0.3 is 20.3 Å². The van der Waals surface area contributed by atoms with Crippen molar-refractivity contribution in [1.82, 2.24) is 15.5 Å². The number of aliphatic imine (C=N–C) groups is 1. The minimum Gasteiger partial charge on any atom is -0.484 e. The lowest BCUT2D eigenvalue weighted by atomic mass is 9.99. The Hall–Kier alpha value is -2.29. The first-order valence-electron chi connectivity index (χ1n) is 12.3. The number of benzene rings is 2. The third-order valence-electron chi connectivity index (χ3n) is 6.19. The first-order valence-corrected chi connectivity index (χ1v) is 12.3. The van der Waals surface area contributed by atoms with E-state index in [0.717, 1.165) is 63.6 Å². The van der Waals surface area contributed by atoms with Crippen LogP contribution in [-0.4, -0.2) is 55.6 Å². The van der Waals surface area contributed by atoms with Crippen molar-refractivity contribution in [2.75, 3.05) is 32.8 Å². The number of carbonyl (C=O) groups excluding carboxylic acids is 1. The molecule has 1 heterocycles. The van der Waals surface area contributed by atoms with Gasteiger partial charge in [-0.15, -0.1) is 24.0 Å². The topological polar surface area (TPSA) is 66.0 Å². The second-order valence-corrected chi connectivity index (χ2v) is 9.05. The molecule has 184 valence electrons. The fraction of sp³-hybridized carbons (Fsp3) is 0.481. The van der Waals surface area contributed by atoms with Gasteiger partial charge in [-0.2, -0.15) is 0 Å². The van der Waals surface area contributed by atoms with Gasteiger partial charge in [-0.25, -0.2) is 0 Å². The van der Waals surface area contributed by atoms with E-state index in [1.54, 1.807) is 0 Å². The number of hydrogen-bond donors (Lipinski definition) is 2. The van der Waals surface area contributed by atoms with Crippen molar-refractivity contribution in [2.24, 2.45) is 10.9 Å². The average molecular weight is 577 g/mol. The highest BCUT2D eigenvalue weighted by atomic mass is 127. The number of nitrogens with zero attached hydrogens (tertiary/aromatic N) is 2. The van der Waals surface area contributed by atoms with Crippen molar-refractivity contribution < 1.29 is 9.53 Å². The first kappa shape index (κ1) is 26.3. The molecule has 1 aliphatic heterocycles. The quantitative estimate of drug-likeness (QED) is 0.255. The van der Waals surface area contributed by atoms with E-state index in [1.807, 2.05) is 12.1 Å². The Morgan fingerprint density at radius 2 is 1.82 bits per heavy atom. The molecule has 6 nitrogen and oxygen atoms in total. The van der Waals surface area contributed by atoms with Gasteiger partial charge in [0.15, 0.2) is 12.6 Å². The van der Waals surface area contributed by atoms with Crippen LogP contribution in [0.4, 0.5) is 0 Å². The molecule has 1 aliphatic carbocycles. The third kappa shape index (κ3) is 8.49. The van der Waals surface area contributed by atoms with Crippen LogP contribution in [0.15, 0.2) is 59.6 Å². The molecule has 1 amide bonds. The number of rotatable bonds is 10. The SMILES string of the molecule is CCNC(=NCCc1ccc(OCC(=O)NC2CC2)cc1)N1CCC(Cc2ccccc2)C1.I. The van der Waals surface area contributed by atoms with Crippen LogP contribution in [0.5, 0.6) is 5.75 Å². The smallest absolute Gasteiger partial charge is 0.258 e. The summed E-state index contributed by atoms with van der Waals surface area (Å²) in [6.07, 6.45) is 5.39. The van der Waals surface area contributed by atoms with Crippen molar-refractivity contribution in [1.29, 1.82) is 0 Å². The summed E-state index contributed by atoms with van der Waals surface area (Å²) in [5.41, 5.74) is 2.63. The lowest BCUT2D eigenvalue weighted by Gasteiger charge is -2.21. The Bertz CT molecular complexity index is 916. The molecule has 0 aromatic heterocycles. The molecule has 2 N–H and O–H groups in total. The molecule has 1 saturated heterocycles. The van der Waals surface area contributed by atoms with Gasteiger partial charge in [0.25, 0.3) is 5.91 Å². The summed E-state index contributed by atoms with van der Waals surface area (Å²) in [4.78, 5) is 19.1. The maximum atomic E-state index is 11.8. The van der Waals surface area contributed by atoms with Crippen LogP contribution < -0.4 is 15.4 Å². The molecule has 1 atom stereocenters. The monoisotopic (exact) mass is 576 g/mol. The minimum absolute atomic E-state index is 0. The molecule has 0 radical (unpaired) electrons. The minimum atomic E-state index is -0.0419. The van der Waals surface area contributed by atoms with Gasteiger partial charge in [-0.3, -0.25) is 9.79 Å². The number of guanidine groups is 1. The van der Waals surface area contributed by atoms with Gasteiger partial charge in [-0.05, 0) is 68.2 Å². The molecule has 34 heavy (non-hydrogen) atoms. The van der Waals surface area contributed by atoms with E-state index >= 15 is 0 Å². The van der Waals surface area contributed by atoms with Gasteiger partial charge in [-0.1, -0.05) is 42.5 Å². The van der Waals surface area contributed by atoms with Crippen LogP contribution in [0.2, 0.25) is 0 Å². The van der Waals surface area contributed by atoms with E-state index in [2.05, 4.69) is 64.9 Å². The molecular formula is C27H37IN4O2. The molecule has 2 fully saturated rings. The second-order valence-electron chi connectivity index (χ2n) is 9.05. The fourth-order valence-corrected chi connectivity index (χ4v) is 4.25. The Balaban J connectivity index is 0.00000324. The van der Waals surface area contributed by atoms with Gasteiger partial charge in [0.2, 0.25) is 0 Å². The summed E-state index contributed by atoms with van der Waals surface area (Å²) in [6.45, 7) is 5.93. The zero-order chi connectivity index (χ0) is 22.9. The zero-order valence-electron chi connectivity index (χ0n) is 20.0. The third-order valence-corrected chi connectivity index (χ3v) is 6.19. The van der Waals surface area contributed by atoms with Crippen LogP contribution in [0, 0.1) is 5.92 Å². The predicted molar refractivity (Wildman–Crippen MR) is 148 cm³/mol. The number of halogens is 1. The highest BCUT2D eigenvalue weighted by Crippen LogP contribution is 2.21. The Morgan fingerprint density at radius 3 is 2.53 bits per heavy atom. The van der Waals surface area contributed by atoms with E-state index in [1.165, 1.54) is 17.5 Å². The fourth-order valence-electron chi connectivity index (χ4n) is 4.25. The molecule has 0 bridgehead atoms. The van der Waals surface area contributed by atoms with E-state index in [4.69, 9.17) is 9.73 Å². The summed E-state index contributed by atoms with van der Waals surface area (Å²) in [5, 5.41) is 6.40. The molecular weight excluding hydrogens is 539 g/mol. The van der Waals surface area contributed by atoms with Crippen molar-refractivity contribution in [3.63, 3.8) is 0 Å². The van der Waals surface area contributed by atoms with E-state index in [0.29, 0.717) is 12.0 Å². The van der Waals surface area contributed by atoms with Crippen LogP contribution in [0.1, 0.15) is 37.3 Å². The van der Waals surface area contributed by atoms with Gasteiger partial charge in [0.1, 0.15) is 5.75 Å². The van der Waals surface area contributed by atoms with E-state index in [9.17, 15) is 4.79 Å². The maximum Gasteiger partial charge on any atom is 0.258 e. The summed E-state index contributed by atoms with van der Waals surface area (Å²) >= 11 is 0. The molecule has 1 saturated carbocycles. The Kier molecular flexibility index (Phi) is 10.5. The number of ether oxygens (including phenoxy) is 1. The second kappa shape index (κ2) is 13.6. The number of carbonyl (C=O) groups is 1. The van der Waals surface area contributed by atoms with E-state index < -0.39 is 0 Å². The van der Waals surface area contributed by atoms with Gasteiger partial charge in [0, 0.05) is 32.2 Å². The Morgan fingerprint density at radius 1 is 1.06 bits per heavy atom. The number of likely N-dealkylation sites (tertiary alicyclic amines) is 1. The van der Waals surface area contributed by atoms with Crippen LogP contribution in [0.25, 0.3) is 0 Å². The van der Waals surface area contributed by atoms with Crippen LogP contribution in [-0.2, 0) is 17.6 Å². The Labute approximate surface area is 220 Å². The molecule has 2 aliphatic rings. The summed E-state index contributed by atoms with van der Waals surface area (Å²) < 4.78 is 5.59. The summed E-state index contributed by atoms with van der Waals surface area (Å²) in [5.74, 6) is 2.38. The summed E-state index contributed by atoms with van der Waals surface area (Å²) in [6, 6.07) is 19.1. The first-order chi connectivity index (χ1) is 16.2. The zero-order valence-corrected chi connectivity index (χ0v) is 22.4. The normalized spacial score (nSPS) is 17.7. The number of hydrogen-bond acceptors (Lipinski definition) is 3. The lowest BCUT2D eigenvalue weighted by Crippen LogP contribution is -2.40. The highest BCUT2D eigenvalue weighted by Gasteiger charge is 2.25.